The molecule has 2 fully saturated rings. The monoisotopic (exact) mass is 341 g/mol. The van der Waals surface area contributed by atoms with Gasteiger partial charge in [-0.25, -0.2) is 0 Å². The summed E-state index contributed by atoms with van der Waals surface area (Å²) < 4.78 is 5.34. The van der Waals surface area contributed by atoms with Gasteiger partial charge in [0.25, 0.3) is 0 Å². The van der Waals surface area contributed by atoms with Gasteiger partial charge in [-0.15, -0.1) is 23.2 Å². The number of nitrogens with one attached hydrogen (secondary N) is 1. The second kappa shape index (κ2) is 5.84. The lowest BCUT2D eigenvalue weighted by molar-refractivity contribution is -0.125. The van der Waals surface area contributed by atoms with E-state index in [0.717, 1.165) is 6.42 Å². The minimum absolute atomic E-state index is 0.00652. The van der Waals surface area contributed by atoms with Crippen LogP contribution in [0.25, 0.3) is 0 Å². The molecule has 1 spiro atoms. The number of rotatable bonds is 3. The minimum atomic E-state index is -0.841. The number of Topliss-reactive ketones (excluding diaryl/α,β-unsaturated/α-hetero) is 1. The van der Waals surface area contributed by atoms with Crippen LogP contribution >= 0.6 is 23.2 Å². The van der Waals surface area contributed by atoms with E-state index >= 15 is 0 Å². The molecule has 0 aromatic heterocycles. The Kier molecular flexibility index (Phi) is 4.19. The number of hydrogen-bond acceptors (Lipinski definition) is 3. The smallest absolute Gasteiger partial charge is 0.235 e. The number of alkyl halides is 2. The van der Waals surface area contributed by atoms with Crippen molar-refractivity contribution in [2.45, 2.75) is 41.7 Å². The van der Waals surface area contributed by atoms with Crippen LogP contribution < -0.4 is 5.32 Å². The van der Waals surface area contributed by atoms with Gasteiger partial charge in [-0.05, 0) is 24.0 Å². The molecule has 1 heterocycles. The fourth-order valence-electron chi connectivity index (χ4n) is 3.56. The molecule has 3 rings (SSSR count). The van der Waals surface area contributed by atoms with Gasteiger partial charge in [0.15, 0.2) is 5.78 Å². The summed E-state index contributed by atoms with van der Waals surface area (Å²) in [5.74, 6) is -1.21. The van der Waals surface area contributed by atoms with E-state index in [1.807, 2.05) is 0 Å². The zero-order valence-electron chi connectivity index (χ0n) is 12.1. The molecule has 1 amide bonds. The summed E-state index contributed by atoms with van der Waals surface area (Å²) in [6.45, 7) is 0. The first-order valence-electron chi connectivity index (χ1n) is 7.24. The molecule has 6 heteroatoms. The number of halogens is 2. The van der Waals surface area contributed by atoms with Gasteiger partial charge in [-0.1, -0.05) is 24.3 Å². The Bertz CT molecular complexity index is 619. The molecule has 118 valence electrons. The summed E-state index contributed by atoms with van der Waals surface area (Å²) in [6.07, 6.45) is 1.91. The van der Waals surface area contributed by atoms with Crippen LogP contribution in [-0.4, -0.2) is 30.4 Å². The fraction of sp³-hybridized carbons (Fsp3) is 0.500. The summed E-state index contributed by atoms with van der Waals surface area (Å²) in [4.78, 5) is 24.6. The number of hydrogen-bond donors (Lipinski definition) is 1. The molecular formula is C16H17Cl2NO3. The summed E-state index contributed by atoms with van der Waals surface area (Å²) in [5, 5.41) is 2.90. The van der Waals surface area contributed by atoms with Crippen molar-refractivity contribution in [3.8, 4) is 0 Å². The largest absolute Gasteiger partial charge is 0.381 e. The maximum Gasteiger partial charge on any atom is 0.235 e. The molecule has 1 aromatic rings. The van der Waals surface area contributed by atoms with Crippen LogP contribution in [0.3, 0.4) is 0 Å². The lowest BCUT2D eigenvalue weighted by Crippen LogP contribution is -2.44. The average Bonchev–Trinajstić information content (AvgIpc) is 3.01. The second-order valence-corrected chi connectivity index (χ2v) is 7.00. The Hall–Kier alpha value is -1.10. The van der Waals surface area contributed by atoms with Crippen molar-refractivity contribution in [1.29, 1.82) is 0 Å². The van der Waals surface area contributed by atoms with Gasteiger partial charge in [0.1, 0.15) is 16.3 Å². The van der Waals surface area contributed by atoms with Crippen molar-refractivity contribution in [3.05, 3.63) is 35.4 Å². The number of amides is 1. The van der Waals surface area contributed by atoms with Crippen molar-refractivity contribution < 1.29 is 14.3 Å². The topological polar surface area (TPSA) is 55.4 Å². The number of carbonyl (C=O) groups excluding carboxylic acids is 2. The van der Waals surface area contributed by atoms with E-state index in [0.29, 0.717) is 24.0 Å². The Morgan fingerprint density at radius 3 is 2.68 bits per heavy atom. The van der Waals surface area contributed by atoms with Crippen LogP contribution in [0.4, 0.5) is 0 Å². The molecule has 1 saturated carbocycles. The van der Waals surface area contributed by atoms with Crippen LogP contribution in [0.2, 0.25) is 0 Å². The van der Waals surface area contributed by atoms with E-state index in [9.17, 15) is 9.59 Å². The standard InChI is InChI=1S/C16H17Cl2NO3/c1-22-9-6-7-16(8-9)13(20)12(15(21)19-16)10-4-2-3-5-11(10)14(17)18/h2-5,9,12,14H,6-8H2,1H3,(H,19,21). The van der Waals surface area contributed by atoms with E-state index in [-0.39, 0.29) is 17.8 Å². The second-order valence-electron chi connectivity index (χ2n) is 5.90. The SMILES string of the molecule is COC1CCC2(C1)NC(=O)C(c1ccccc1C(Cl)Cl)C2=O. The normalized spacial score (nSPS) is 31.3. The number of ether oxygens (including phenoxy) is 1. The van der Waals surface area contributed by atoms with Crippen molar-refractivity contribution in [1.82, 2.24) is 5.32 Å². The van der Waals surface area contributed by atoms with E-state index in [1.165, 1.54) is 0 Å². The zero-order valence-corrected chi connectivity index (χ0v) is 13.7. The first kappa shape index (κ1) is 15.8. The first-order chi connectivity index (χ1) is 10.5. The maximum absolute atomic E-state index is 13.0. The summed E-state index contributed by atoms with van der Waals surface area (Å²) in [7, 11) is 1.63. The van der Waals surface area contributed by atoms with Gasteiger partial charge >= 0.3 is 0 Å². The number of methoxy groups -OCH3 is 1. The van der Waals surface area contributed by atoms with E-state index in [2.05, 4.69) is 5.32 Å². The number of benzene rings is 1. The molecule has 1 N–H and O–H groups in total. The third-order valence-electron chi connectivity index (χ3n) is 4.70. The van der Waals surface area contributed by atoms with Crippen LogP contribution in [0.15, 0.2) is 24.3 Å². The van der Waals surface area contributed by atoms with Crippen LogP contribution in [0.5, 0.6) is 0 Å². The molecule has 2 aliphatic rings. The first-order valence-corrected chi connectivity index (χ1v) is 8.12. The highest BCUT2D eigenvalue weighted by atomic mass is 35.5. The van der Waals surface area contributed by atoms with E-state index < -0.39 is 16.3 Å². The van der Waals surface area contributed by atoms with Gasteiger partial charge < -0.3 is 10.1 Å². The molecule has 0 radical (unpaired) electrons. The summed E-state index contributed by atoms with van der Waals surface area (Å²) >= 11 is 12.0. The Balaban J connectivity index is 1.97. The molecule has 1 aliphatic heterocycles. The van der Waals surface area contributed by atoms with Gasteiger partial charge in [-0.2, -0.15) is 0 Å². The Labute approximate surface area is 139 Å². The number of ketones is 1. The molecule has 1 aromatic carbocycles. The molecule has 3 atom stereocenters. The fourth-order valence-corrected chi connectivity index (χ4v) is 3.96. The Morgan fingerprint density at radius 2 is 2.05 bits per heavy atom. The number of carbonyl (C=O) groups is 2. The molecule has 22 heavy (non-hydrogen) atoms. The summed E-state index contributed by atoms with van der Waals surface area (Å²) in [6, 6.07) is 7.07. The van der Waals surface area contributed by atoms with Crippen LogP contribution in [-0.2, 0) is 14.3 Å². The third-order valence-corrected chi connectivity index (χ3v) is 5.17. The van der Waals surface area contributed by atoms with Gasteiger partial charge in [-0.3, -0.25) is 9.59 Å². The van der Waals surface area contributed by atoms with Crippen molar-refractivity contribution in [3.63, 3.8) is 0 Å². The third kappa shape index (κ3) is 2.43. The van der Waals surface area contributed by atoms with E-state index in [1.54, 1.807) is 31.4 Å². The van der Waals surface area contributed by atoms with Crippen LogP contribution in [0, 0.1) is 0 Å². The van der Waals surface area contributed by atoms with E-state index in [4.69, 9.17) is 27.9 Å². The molecular weight excluding hydrogens is 325 g/mol. The average molecular weight is 342 g/mol. The molecule has 1 saturated heterocycles. The van der Waals surface area contributed by atoms with Gasteiger partial charge in [0, 0.05) is 13.5 Å². The molecule has 1 aliphatic carbocycles. The van der Waals surface area contributed by atoms with Crippen LogP contribution in [0.1, 0.15) is 41.1 Å². The summed E-state index contributed by atoms with van der Waals surface area (Å²) in [5.41, 5.74) is 0.402. The quantitative estimate of drug-likeness (QED) is 0.679. The highest BCUT2D eigenvalue weighted by Crippen LogP contribution is 2.43. The van der Waals surface area contributed by atoms with Gasteiger partial charge in [0.05, 0.1) is 6.10 Å². The molecule has 3 unspecified atom stereocenters. The zero-order chi connectivity index (χ0) is 15.9. The highest BCUT2D eigenvalue weighted by molar-refractivity contribution is 6.44. The van der Waals surface area contributed by atoms with Crippen molar-refractivity contribution in [2.24, 2.45) is 0 Å². The molecule has 0 bridgehead atoms. The maximum atomic E-state index is 13.0. The van der Waals surface area contributed by atoms with Crippen molar-refractivity contribution in [2.75, 3.05) is 7.11 Å². The Morgan fingerprint density at radius 1 is 1.32 bits per heavy atom. The lowest BCUT2D eigenvalue weighted by atomic mass is 9.84. The predicted octanol–water partition coefficient (Wildman–Crippen LogP) is 2.88. The minimum Gasteiger partial charge on any atom is -0.381 e. The molecule has 4 nitrogen and oxygen atoms in total. The highest BCUT2D eigenvalue weighted by Gasteiger charge is 2.56. The van der Waals surface area contributed by atoms with Gasteiger partial charge in [0.2, 0.25) is 5.91 Å². The lowest BCUT2D eigenvalue weighted by Gasteiger charge is -2.21. The van der Waals surface area contributed by atoms with Crippen molar-refractivity contribution >= 4 is 34.9 Å². The predicted molar refractivity (Wildman–Crippen MR) is 84.2 cm³/mol.